The first-order chi connectivity index (χ1) is 15.5. The summed E-state index contributed by atoms with van der Waals surface area (Å²) in [6.45, 7) is 6.47. The molecule has 4 rings (SSSR count). The number of amides is 2. The number of fused-ring (bicyclic) bond motifs is 1. The van der Waals surface area contributed by atoms with Gasteiger partial charge < -0.3 is 18.9 Å². The average molecular weight is 474 g/mol. The fraction of sp³-hybridized carbons (Fsp3) is 0.217. The number of ether oxygens (including phenoxy) is 4. The summed E-state index contributed by atoms with van der Waals surface area (Å²) in [7, 11) is 0. The summed E-state index contributed by atoms with van der Waals surface area (Å²) >= 11 is 7.19. The van der Waals surface area contributed by atoms with Crippen molar-refractivity contribution >= 4 is 40.6 Å². The van der Waals surface area contributed by atoms with E-state index in [1.807, 2.05) is 6.92 Å². The van der Waals surface area contributed by atoms with Gasteiger partial charge in [0.05, 0.1) is 18.1 Å². The standard InChI is InChI=1S/C23H20ClNO6S/c1-3-7-29-17-6-5-14(8-18(17)28-4-2)9-21-22(26)25(23(27)32-21)12-15-10-19-20(11-16(15)24)31-13-30-19/h3,5-6,8-11H,1,4,7,12-13H2,2H3/b21-9+. The minimum absolute atomic E-state index is 0.0377. The normalized spacial score (nSPS) is 16.1. The maximum absolute atomic E-state index is 12.9. The molecular formula is C23H20ClNO6S. The summed E-state index contributed by atoms with van der Waals surface area (Å²) in [6.07, 6.45) is 3.30. The second-order valence-corrected chi connectivity index (χ2v) is 8.20. The third kappa shape index (κ3) is 4.56. The fourth-order valence-electron chi connectivity index (χ4n) is 3.19. The van der Waals surface area contributed by atoms with Crippen LogP contribution in [0.1, 0.15) is 18.1 Å². The predicted molar refractivity (Wildman–Crippen MR) is 122 cm³/mol. The molecule has 1 fully saturated rings. The van der Waals surface area contributed by atoms with E-state index in [9.17, 15) is 9.59 Å². The summed E-state index contributed by atoms with van der Waals surface area (Å²) in [6, 6.07) is 8.64. The van der Waals surface area contributed by atoms with Gasteiger partial charge in [-0.25, -0.2) is 0 Å². The van der Waals surface area contributed by atoms with Crippen LogP contribution < -0.4 is 18.9 Å². The number of halogens is 1. The predicted octanol–water partition coefficient (Wildman–Crippen LogP) is 5.27. The van der Waals surface area contributed by atoms with Crippen molar-refractivity contribution in [3.05, 3.63) is 64.0 Å². The van der Waals surface area contributed by atoms with E-state index in [4.69, 9.17) is 30.5 Å². The third-order valence-electron chi connectivity index (χ3n) is 4.67. The number of imide groups is 1. The Morgan fingerprint density at radius 1 is 1.16 bits per heavy atom. The van der Waals surface area contributed by atoms with E-state index < -0.39 is 5.91 Å². The molecule has 0 aliphatic carbocycles. The lowest BCUT2D eigenvalue weighted by atomic mass is 10.1. The zero-order valence-corrected chi connectivity index (χ0v) is 18.8. The van der Waals surface area contributed by atoms with Crippen LogP contribution in [-0.4, -0.2) is 36.1 Å². The summed E-state index contributed by atoms with van der Waals surface area (Å²) in [5.74, 6) is 1.81. The van der Waals surface area contributed by atoms with E-state index in [-0.39, 0.29) is 18.6 Å². The van der Waals surface area contributed by atoms with Crippen molar-refractivity contribution in [2.75, 3.05) is 20.0 Å². The summed E-state index contributed by atoms with van der Waals surface area (Å²) < 4.78 is 21.9. The molecule has 1 saturated heterocycles. The third-order valence-corrected chi connectivity index (χ3v) is 5.92. The molecule has 32 heavy (non-hydrogen) atoms. The minimum atomic E-state index is -0.390. The zero-order chi connectivity index (χ0) is 22.7. The maximum Gasteiger partial charge on any atom is 0.293 e. The van der Waals surface area contributed by atoms with Crippen LogP contribution in [0.2, 0.25) is 5.02 Å². The number of nitrogens with zero attached hydrogens (tertiary/aromatic N) is 1. The summed E-state index contributed by atoms with van der Waals surface area (Å²) in [5, 5.41) is 0.0275. The Bertz CT molecular complexity index is 1120. The molecule has 2 aromatic carbocycles. The molecule has 2 heterocycles. The van der Waals surface area contributed by atoms with Crippen molar-refractivity contribution in [3.63, 3.8) is 0 Å². The Labute approximate surface area is 194 Å². The fourth-order valence-corrected chi connectivity index (χ4v) is 4.24. The van der Waals surface area contributed by atoms with Crippen LogP contribution in [0, 0.1) is 0 Å². The second kappa shape index (κ2) is 9.58. The highest BCUT2D eigenvalue weighted by Crippen LogP contribution is 2.40. The lowest BCUT2D eigenvalue weighted by molar-refractivity contribution is -0.123. The van der Waals surface area contributed by atoms with Crippen LogP contribution in [-0.2, 0) is 11.3 Å². The molecule has 9 heteroatoms. The van der Waals surface area contributed by atoms with Gasteiger partial charge in [0.25, 0.3) is 11.1 Å². The molecule has 0 saturated carbocycles. The molecular weight excluding hydrogens is 454 g/mol. The Morgan fingerprint density at radius 3 is 2.69 bits per heavy atom. The molecule has 0 bridgehead atoms. The van der Waals surface area contributed by atoms with Crippen molar-refractivity contribution in [2.24, 2.45) is 0 Å². The van der Waals surface area contributed by atoms with Crippen molar-refractivity contribution < 1.29 is 28.5 Å². The number of thioether (sulfide) groups is 1. The van der Waals surface area contributed by atoms with Gasteiger partial charge in [0.1, 0.15) is 6.61 Å². The van der Waals surface area contributed by atoms with Crippen LogP contribution in [0.25, 0.3) is 6.08 Å². The molecule has 0 aromatic heterocycles. The van der Waals surface area contributed by atoms with Gasteiger partial charge in [0.2, 0.25) is 6.79 Å². The zero-order valence-electron chi connectivity index (χ0n) is 17.3. The molecule has 0 N–H and O–H groups in total. The Morgan fingerprint density at radius 2 is 1.94 bits per heavy atom. The summed E-state index contributed by atoms with van der Waals surface area (Å²) in [4.78, 5) is 27.0. The average Bonchev–Trinajstić information content (AvgIpc) is 3.32. The Balaban J connectivity index is 1.55. The molecule has 2 aromatic rings. The molecule has 2 aliphatic heterocycles. The van der Waals surface area contributed by atoms with Crippen molar-refractivity contribution in [1.82, 2.24) is 4.90 Å². The number of carbonyl (C=O) groups is 2. The van der Waals surface area contributed by atoms with Crippen molar-refractivity contribution in [2.45, 2.75) is 13.5 Å². The number of hydrogen-bond acceptors (Lipinski definition) is 7. The van der Waals surface area contributed by atoms with Gasteiger partial charge in [-0.15, -0.1) is 0 Å². The largest absolute Gasteiger partial charge is 0.490 e. The highest BCUT2D eigenvalue weighted by atomic mass is 35.5. The van der Waals surface area contributed by atoms with E-state index in [1.54, 1.807) is 42.5 Å². The highest BCUT2D eigenvalue weighted by Gasteiger charge is 2.35. The van der Waals surface area contributed by atoms with Gasteiger partial charge in [-0.1, -0.05) is 30.3 Å². The van der Waals surface area contributed by atoms with Gasteiger partial charge >= 0.3 is 0 Å². The molecule has 166 valence electrons. The van der Waals surface area contributed by atoms with Crippen LogP contribution in [0.3, 0.4) is 0 Å². The van der Waals surface area contributed by atoms with Crippen LogP contribution in [0.5, 0.6) is 23.0 Å². The topological polar surface area (TPSA) is 74.3 Å². The molecule has 2 amide bonds. The van der Waals surface area contributed by atoms with E-state index in [0.29, 0.717) is 57.3 Å². The Kier molecular flexibility index (Phi) is 6.62. The first-order valence-corrected chi connectivity index (χ1v) is 11.0. The lowest BCUT2D eigenvalue weighted by Crippen LogP contribution is -2.27. The number of rotatable bonds is 8. The molecule has 0 atom stereocenters. The van der Waals surface area contributed by atoms with E-state index in [0.717, 1.165) is 16.7 Å². The number of carbonyl (C=O) groups excluding carboxylic acids is 2. The molecule has 2 aliphatic rings. The minimum Gasteiger partial charge on any atom is -0.490 e. The van der Waals surface area contributed by atoms with E-state index in [1.165, 1.54) is 0 Å². The van der Waals surface area contributed by atoms with Gasteiger partial charge in [0, 0.05) is 11.1 Å². The van der Waals surface area contributed by atoms with Gasteiger partial charge in [-0.2, -0.15) is 0 Å². The van der Waals surface area contributed by atoms with Crippen LogP contribution in [0.4, 0.5) is 4.79 Å². The first-order valence-electron chi connectivity index (χ1n) is 9.84. The van der Waals surface area contributed by atoms with Crippen LogP contribution >= 0.6 is 23.4 Å². The smallest absolute Gasteiger partial charge is 0.293 e. The van der Waals surface area contributed by atoms with Crippen molar-refractivity contribution in [3.8, 4) is 23.0 Å². The maximum atomic E-state index is 12.9. The van der Waals surface area contributed by atoms with Crippen molar-refractivity contribution in [1.29, 1.82) is 0 Å². The van der Waals surface area contributed by atoms with Gasteiger partial charge in [-0.3, -0.25) is 14.5 Å². The Hall–Kier alpha value is -3.10. The SMILES string of the molecule is C=CCOc1ccc(/C=C2/SC(=O)N(Cc3cc4c(cc3Cl)OCO4)C2=O)cc1OCC. The number of hydrogen-bond donors (Lipinski definition) is 0. The summed E-state index contributed by atoms with van der Waals surface area (Å²) in [5.41, 5.74) is 1.31. The molecule has 0 spiro atoms. The van der Waals surface area contributed by atoms with E-state index >= 15 is 0 Å². The molecule has 0 radical (unpaired) electrons. The quantitative estimate of drug-likeness (QED) is 0.382. The highest BCUT2D eigenvalue weighted by molar-refractivity contribution is 8.18. The first kappa shape index (κ1) is 22.1. The van der Waals surface area contributed by atoms with Gasteiger partial charge in [0.15, 0.2) is 23.0 Å². The second-order valence-electron chi connectivity index (χ2n) is 6.80. The van der Waals surface area contributed by atoms with Gasteiger partial charge in [-0.05, 0) is 54.1 Å². The molecule has 0 unspecified atom stereocenters. The monoisotopic (exact) mass is 473 g/mol. The lowest BCUT2D eigenvalue weighted by Gasteiger charge is -2.14. The number of benzene rings is 2. The van der Waals surface area contributed by atoms with E-state index in [2.05, 4.69) is 6.58 Å². The van der Waals surface area contributed by atoms with Crippen LogP contribution in [0.15, 0.2) is 47.9 Å². The molecule has 7 nitrogen and oxygen atoms in total.